The molecule has 182 valence electrons. The van der Waals surface area contributed by atoms with Gasteiger partial charge in [-0.3, -0.25) is 4.79 Å². The lowest BCUT2D eigenvalue weighted by Crippen LogP contribution is -2.20. The molecule has 34 heavy (non-hydrogen) atoms. The predicted molar refractivity (Wildman–Crippen MR) is 126 cm³/mol. The molecule has 0 aromatic heterocycles. The summed E-state index contributed by atoms with van der Waals surface area (Å²) in [5.74, 6) is -0.257. The average Bonchev–Trinajstić information content (AvgIpc) is 3.32. The maximum Gasteiger partial charge on any atom is 0.416 e. The Hall–Kier alpha value is -2.96. The van der Waals surface area contributed by atoms with Crippen molar-refractivity contribution in [1.82, 2.24) is 0 Å². The molecule has 1 aliphatic heterocycles. The zero-order valence-corrected chi connectivity index (χ0v) is 19.1. The van der Waals surface area contributed by atoms with Crippen LogP contribution in [0.1, 0.15) is 73.1 Å². The number of ether oxygens (including phenoxy) is 1. The Morgan fingerprint density at radius 3 is 2.59 bits per heavy atom. The number of hydrogen-bond acceptors (Lipinski definition) is 3. The molecule has 2 aromatic rings. The molecule has 0 bridgehead atoms. The Balaban J connectivity index is 1.48. The van der Waals surface area contributed by atoms with Crippen LogP contribution >= 0.6 is 0 Å². The van der Waals surface area contributed by atoms with Crippen molar-refractivity contribution in [1.29, 1.82) is 0 Å². The van der Waals surface area contributed by atoms with Gasteiger partial charge >= 0.3 is 12.1 Å². The molecule has 0 saturated heterocycles. The SMILES string of the molecule is C=C1CC[C@@H](CC(=O)O)CNc2ccc(OCc3ccc(C4CCCC4)c(C(F)(F)F)c3)cc21. The number of hydrogen-bond donors (Lipinski definition) is 2. The maximum atomic E-state index is 13.8. The molecular formula is C27H30F3NO3. The lowest BCUT2D eigenvalue weighted by molar-refractivity contribution is -0.139. The molecule has 1 fully saturated rings. The molecule has 7 heteroatoms. The summed E-state index contributed by atoms with van der Waals surface area (Å²) in [6.45, 7) is 4.74. The highest BCUT2D eigenvalue weighted by molar-refractivity contribution is 5.77. The first-order valence-corrected chi connectivity index (χ1v) is 11.8. The highest BCUT2D eigenvalue weighted by Crippen LogP contribution is 2.42. The first kappa shape index (κ1) is 24.2. The van der Waals surface area contributed by atoms with Crippen LogP contribution in [0.4, 0.5) is 18.9 Å². The van der Waals surface area contributed by atoms with E-state index in [1.54, 1.807) is 18.2 Å². The minimum absolute atomic E-state index is 0.0196. The summed E-state index contributed by atoms with van der Waals surface area (Å²) in [4.78, 5) is 11.1. The molecule has 4 rings (SSSR count). The number of carbonyl (C=O) groups is 1. The molecule has 0 spiro atoms. The van der Waals surface area contributed by atoms with Crippen LogP contribution < -0.4 is 10.1 Å². The van der Waals surface area contributed by atoms with Crippen molar-refractivity contribution < 1.29 is 27.8 Å². The standard InChI is InChI=1S/C27H30F3NO3/c1-17-6-7-18(13-26(32)33)15-31-25-11-9-21(14-23(17)25)34-16-19-8-10-22(20-4-2-3-5-20)24(12-19)27(28,29)30/h8-12,14,18,20,31H,1-7,13,15-16H2,(H,32,33)/t18-/m0/s1. The predicted octanol–water partition coefficient (Wildman–Crippen LogP) is 7.25. The van der Waals surface area contributed by atoms with Crippen molar-refractivity contribution in [2.45, 2.75) is 63.6 Å². The van der Waals surface area contributed by atoms with E-state index < -0.39 is 17.7 Å². The van der Waals surface area contributed by atoms with Crippen molar-refractivity contribution in [2.24, 2.45) is 5.92 Å². The molecule has 2 aromatic carbocycles. The molecule has 1 aliphatic carbocycles. The lowest BCUT2D eigenvalue weighted by atomic mass is 9.91. The van der Waals surface area contributed by atoms with Crippen LogP contribution in [0.15, 0.2) is 43.0 Å². The molecule has 0 amide bonds. The molecule has 1 atom stereocenters. The molecule has 0 unspecified atom stereocenters. The Morgan fingerprint density at radius 2 is 1.88 bits per heavy atom. The largest absolute Gasteiger partial charge is 0.489 e. The van der Waals surface area contributed by atoms with Crippen molar-refractivity contribution in [3.05, 3.63) is 65.2 Å². The smallest absolute Gasteiger partial charge is 0.416 e. The second-order valence-electron chi connectivity index (χ2n) is 9.38. The van der Waals surface area contributed by atoms with E-state index in [1.165, 1.54) is 6.07 Å². The van der Waals surface area contributed by atoms with Gasteiger partial charge in [-0.05, 0) is 78.5 Å². The van der Waals surface area contributed by atoms with Gasteiger partial charge in [-0.25, -0.2) is 0 Å². The van der Waals surface area contributed by atoms with Crippen molar-refractivity contribution in [2.75, 3.05) is 11.9 Å². The van der Waals surface area contributed by atoms with Crippen LogP contribution in [0.3, 0.4) is 0 Å². The quantitative estimate of drug-likeness (QED) is 0.464. The zero-order chi connectivity index (χ0) is 24.3. The van der Waals surface area contributed by atoms with Gasteiger partial charge in [-0.15, -0.1) is 0 Å². The molecule has 1 heterocycles. The van der Waals surface area contributed by atoms with Crippen LogP contribution in [0, 0.1) is 5.92 Å². The molecular weight excluding hydrogens is 443 g/mol. The van der Waals surface area contributed by atoms with E-state index in [2.05, 4.69) is 11.9 Å². The zero-order valence-electron chi connectivity index (χ0n) is 19.1. The fourth-order valence-electron chi connectivity index (χ4n) is 5.05. The van der Waals surface area contributed by atoms with Gasteiger partial charge in [0.05, 0.1) is 5.56 Å². The average molecular weight is 474 g/mol. The van der Waals surface area contributed by atoms with E-state index in [4.69, 9.17) is 9.84 Å². The lowest BCUT2D eigenvalue weighted by Gasteiger charge is -2.24. The van der Waals surface area contributed by atoms with Crippen LogP contribution in [-0.4, -0.2) is 17.6 Å². The third-order valence-corrected chi connectivity index (χ3v) is 6.89. The number of alkyl halides is 3. The summed E-state index contributed by atoms with van der Waals surface area (Å²) >= 11 is 0. The van der Waals surface area contributed by atoms with Crippen molar-refractivity contribution in [3.63, 3.8) is 0 Å². The van der Waals surface area contributed by atoms with Crippen LogP contribution in [0.5, 0.6) is 5.75 Å². The number of allylic oxidation sites excluding steroid dienone is 1. The molecule has 1 saturated carbocycles. The number of benzene rings is 2. The van der Waals surface area contributed by atoms with E-state index in [9.17, 15) is 18.0 Å². The summed E-state index contributed by atoms with van der Waals surface area (Å²) in [7, 11) is 0. The molecule has 2 aliphatic rings. The number of rotatable bonds is 6. The van der Waals surface area contributed by atoms with Gasteiger partial charge in [0.2, 0.25) is 0 Å². The topological polar surface area (TPSA) is 58.6 Å². The van der Waals surface area contributed by atoms with Gasteiger partial charge in [-0.1, -0.05) is 31.6 Å². The Morgan fingerprint density at radius 1 is 1.12 bits per heavy atom. The normalized spacial score (nSPS) is 19.1. The van der Waals surface area contributed by atoms with Crippen molar-refractivity contribution in [3.8, 4) is 5.75 Å². The number of anilines is 1. The minimum atomic E-state index is -4.39. The van der Waals surface area contributed by atoms with E-state index in [1.807, 2.05) is 12.1 Å². The summed E-state index contributed by atoms with van der Waals surface area (Å²) in [5.41, 5.74) is 2.95. The van der Waals surface area contributed by atoms with E-state index >= 15 is 0 Å². The van der Waals surface area contributed by atoms with Gasteiger partial charge < -0.3 is 15.2 Å². The Kier molecular flexibility index (Phi) is 7.19. The summed E-state index contributed by atoms with van der Waals surface area (Å²) in [6.07, 6.45) is 0.682. The minimum Gasteiger partial charge on any atom is -0.489 e. The third-order valence-electron chi connectivity index (χ3n) is 6.89. The number of fused-ring (bicyclic) bond motifs is 1. The van der Waals surface area contributed by atoms with Gasteiger partial charge in [0, 0.05) is 24.2 Å². The maximum absolute atomic E-state index is 13.8. The van der Waals surface area contributed by atoms with Gasteiger partial charge in [0.25, 0.3) is 0 Å². The van der Waals surface area contributed by atoms with Crippen LogP contribution in [0.2, 0.25) is 0 Å². The fourth-order valence-corrected chi connectivity index (χ4v) is 5.05. The molecule has 4 nitrogen and oxygen atoms in total. The number of carboxylic acid groups (broad SMARTS) is 1. The van der Waals surface area contributed by atoms with Crippen molar-refractivity contribution >= 4 is 17.2 Å². The third kappa shape index (κ3) is 5.75. The second kappa shape index (κ2) is 10.1. The van der Waals surface area contributed by atoms with Gasteiger partial charge in [-0.2, -0.15) is 13.2 Å². The summed E-state index contributed by atoms with van der Waals surface area (Å²) in [6, 6.07) is 10.1. The first-order valence-electron chi connectivity index (χ1n) is 11.8. The van der Waals surface area contributed by atoms with Crippen LogP contribution in [-0.2, 0) is 17.6 Å². The number of carboxylic acids is 1. The second-order valence-corrected chi connectivity index (χ2v) is 9.38. The van der Waals surface area contributed by atoms with Gasteiger partial charge in [0.1, 0.15) is 12.4 Å². The Labute approximate surface area is 197 Å². The highest BCUT2D eigenvalue weighted by Gasteiger charge is 2.36. The first-order chi connectivity index (χ1) is 16.2. The summed E-state index contributed by atoms with van der Waals surface area (Å²) in [5, 5.41) is 12.4. The number of aliphatic carboxylic acids is 1. The van der Waals surface area contributed by atoms with Crippen LogP contribution in [0.25, 0.3) is 5.57 Å². The monoisotopic (exact) mass is 473 g/mol. The molecule has 2 N–H and O–H groups in total. The fraction of sp³-hybridized carbons (Fsp3) is 0.444. The van der Waals surface area contributed by atoms with Gasteiger partial charge in [0.15, 0.2) is 0 Å². The Bertz CT molecular complexity index is 1060. The number of nitrogens with one attached hydrogen (secondary N) is 1. The number of halogens is 3. The van der Waals surface area contributed by atoms with E-state index in [0.717, 1.165) is 48.9 Å². The summed E-state index contributed by atoms with van der Waals surface area (Å²) < 4.78 is 47.1. The van der Waals surface area contributed by atoms with E-state index in [-0.39, 0.29) is 24.9 Å². The van der Waals surface area contributed by atoms with E-state index in [0.29, 0.717) is 29.8 Å². The highest BCUT2D eigenvalue weighted by atomic mass is 19.4. The molecule has 0 radical (unpaired) electrons.